The van der Waals surface area contributed by atoms with Gasteiger partial charge >= 0.3 is 17.5 Å². The van der Waals surface area contributed by atoms with Gasteiger partial charge in [-0.3, -0.25) is 19.7 Å². The molecule has 0 bridgehead atoms. The van der Waals surface area contributed by atoms with Crippen molar-refractivity contribution in [3.63, 3.8) is 0 Å². The van der Waals surface area contributed by atoms with E-state index in [1.165, 1.54) is 23.1 Å². The van der Waals surface area contributed by atoms with Gasteiger partial charge in [0.1, 0.15) is 16.9 Å². The summed E-state index contributed by atoms with van der Waals surface area (Å²) in [6.07, 6.45) is 0. The Kier molecular flexibility index (Phi) is 8.65. The molecule has 1 fully saturated rings. The molecule has 0 unspecified atom stereocenters. The van der Waals surface area contributed by atoms with Crippen molar-refractivity contribution in [1.29, 1.82) is 0 Å². The van der Waals surface area contributed by atoms with Crippen LogP contribution in [0, 0.1) is 10.1 Å². The van der Waals surface area contributed by atoms with Gasteiger partial charge in [-0.25, -0.2) is 15.5 Å². The summed E-state index contributed by atoms with van der Waals surface area (Å²) in [5.41, 5.74) is -4.43. The lowest BCUT2D eigenvalue weighted by atomic mass is 10.00. The quantitative estimate of drug-likeness (QED) is 0.232. The van der Waals surface area contributed by atoms with Crippen LogP contribution in [0.15, 0.2) is 18.2 Å². The number of nitrogens with two attached hydrogens (primary N) is 1. The van der Waals surface area contributed by atoms with Crippen LogP contribution in [-0.4, -0.2) is 75.8 Å². The predicted octanol–water partition coefficient (Wildman–Crippen LogP) is 1.05. The second-order valence-corrected chi connectivity index (χ2v) is 10.3. The molecule has 1 aromatic rings. The number of ether oxygens (including phenoxy) is 2. The number of benzene rings is 1. The average molecular weight is 511 g/mol. The molecule has 0 spiro atoms. The Balaban J connectivity index is 2.36. The van der Waals surface area contributed by atoms with E-state index in [2.05, 4.69) is 0 Å². The van der Waals surface area contributed by atoms with Gasteiger partial charge in [0, 0.05) is 32.2 Å². The second kappa shape index (κ2) is 10.8. The third kappa shape index (κ3) is 6.47. The van der Waals surface area contributed by atoms with Crippen molar-refractivity contribution in [2.24, 2.45) is 5.90 Å². The van der Waals surface area contributed by atoms with E-state index < -0.39 is 39.6 Å². The van der Waals surface area contributed by atoms with Crippen LogP contribution < -0.4 is 10.8 Å². The minimum atomic E-state index is -2.90. The van der Waals surface area contributed by atoms with Gasteiger partial charge in [0.05, 0.1) is 11.5 Å². The van der Waals surface area contributed by atoms with E-state index in [4.69, 9.17) is 20.2 Å². The lowest BCUT2D eigenvalue weighted by molar-refractivity contribution is -0.384. The number of amides is 1. The summed E-state index contributed by atoms with van der Waals surface area (Å²) in [4.78, 5) is 58.4. The molecule has 13 nitrogen and oxygen atoms in total. The zero-order valence-corrected chi connectivity index (χ0v) is 21.4. The average Bonchev–Trinajstić information content (AvgIpc) is 2.77. The Hall–Kier alpha value is -3.29. The molecule has 1 aliphatic heterocycles. The lowest BCUT2D eigenvalue weighted by Gasteiger charge is -2.39. The number of esters is 2. The van der Waals surface area contributed by atoms with Gasteiger partial charge in [-0.05, 0) is 59.2 Å². The van der Waals surface area contributed by atoms with Crippen LogP contribution in [0.1, 0.15) is 47.1 Å². The fraction of sp³-hybridized carbons (Fsp3) is 0.609. The molecule has 36 heavy (non-hydrogen) atoms. The Morgan fingerprint density at radius 1 is 1.00 bits per heavy atom. The van der Waals surface area contributed by atoms with Gasteiger partial charge in [0.2, 0.25) is 0 Å². The standard InChI is InChI=1S/C23H34N4O9/c1-21(2,3)34-19(30)23(36-24,20(31)35-22(4,5)6)18(29)26-11-9-25(10-12-26)17-13-15(14-28)7-8-16(17)27(32)33/h7-8,13,28H,9-12,14,24H2,1-6H3. The summed E-state index contributed by atoms with van der Waals surface area (Å²) < 4.78 is 10.6. The molecule has 0 aromatic heterocycles. The third-order valence-corrected chi connectivity index (χ3v) is 5.18. The number of rotatable bonds is 7. The van der Waals surface area contributed by atoms with E-state index in [1.807, 2.05) is 0 Å². The Morgan fingerprint density at radius 3 is 1.89 bits per heavy atom. The van der Waals surface area contributed by atoms with E-state index in [0.717, 1.165) is 0 Å². The minimum absolute atomic E-state index is 0.0178. The van der Waals surface area contributed by atoms with Crippen molar-refractivity contribution in [2.45, 2.75) is 65.0 Å². The van der Waals surface area contributed by atoms with Crippen LogP contribution in [0.4, 0.5) is 11.4 Å². The van der Waals surface area contributed by atoms with E-state index in [0.29, 0.717) is 5.56 Å². The largest absolute Gasteiger partial charge is 0.457 e. The van der Waals surface area contributed by atoms with Crippen LogP contribution >= 0.6 is 0 Å². The summed E-state index contributed by atoms with van der Waals surface area (Å²) in [5, 5.41) is 20.9. The van der Waals surface area contributed by atoms with Crippen LogP contribution in [0.5, 0.6) is 0 Å². The van der Waals surface area contributed by atoms with Gasteiger partial charge < -0.3 is 24.4 Å². The molecule has 0 saturated carbocycles. The Bertz CT molecular complexity index is 978. The van der Waals surface area contributed by atoms with Crippen molar-refractivity contribution < 1.29 is 38.7 Å². The molecule has 200 valence electrons. The number of hydrogen-bond donors (Lipinski definition) is 2. The molecule has 13 heteroatoms. The lowest BCUT2D eigenvalue weighted by Crippen LogP contribution is -2.66. The summed E-state index contributed by atoms with van der Waals surface area (Å²) in [5.74, 6) is 1.71. The van der Waals surface area contributed by atoms with Gasteiger partial charge in [-0.2, -0.15) is 0 Å². The fourth-order valence-corrected chi connectivity index (χ4v) is 3.55. The first-order valence-electron chi connectivity index (χ1n) is 11.3. The van der Waals surface area contributed by atoms with Gasteiger partial charge in [0.25, 0.3) is 11.6 Å². The van der Waals surface area contributed by atoms with Crippen molar-refractivity contribution in [2.75, 3.05) is 31.1 Å². The molecule has 2 rings (SSSR count). The highest BCUT2D eigenvalue weighted by Gasteiger charge is 2.61. The number of nitro groups is 1. The van der Waals surface area contributed by atoms with Crippen molar-refractivity contribution in [3.05, 3.63) is 33.9 Å². The summed E-state index contributed by atoms with van der Waals surface area (Å²) >= 11 is 0. The highest BCUT2D eigenvalue weighted by Crippen LogP contribution is 2.31. The van der Waals surface area contributed by atoms with Crippen LogP contribution in [-0.2, 0) is 35.3 Å². The predicted molar refractivity (Wildman–Crippen MR) is 128 cm³/mol. The molecular weight excluding hydrogens is 476 g/mol. The number of anilines is 1. The maximum Gasteiger partial charge on any atom is 0.363 e. The minimum Gasteiger partial charge on any atom is -0.457 e. The number of aliphatic hydroxyl groups is 1. The number of aliphatic hydroxyl groups excluding tert-OH is 1. The Morgan fingerprint density at radius 2 is 1.50 bits per heavy atom. The summed E-state index contributed by atoms with van der Waals surface area (Å²) in [6.45, 7) is 9.24. The number of carbonyl (C=O) groups excluding carboxylic acids is 3. The molecule has 1 heterocycles. The molecule has 0 radical (unpaired) electrons. The first-order valence-corrected chi connectivity index (χ1v) is 11.3. The molecule has 1 aliphatic rings. The molecule has 3 N–H and O–H groups in total. The number of nitro benzene ring substituents is 1. The smallest absolute Gasteiger partial charge is 0.363 e. The van der Waals surface area contributed by atoms with E-state index in [1.54, 1.807) is 46.4 Å². The molecule has 1 amide bonds. The number of piperazine rings is 1. The monoisotopic (exact) mass is 510 g/mol. The van der Waals surface area contributed by atoms with Crippen molar-refractivity contribution in [1.82, 2.24) is 4.90 Å². The molecule has 0 atom stereocenters. The number of carbonyl (C=O) groups is 3. The normalized spacial score (nSPS) is 14.9. The van der Waals surface area contributed by atoms with Gasteiger partial charge in [-0.1, -0.05) is 0 Å². The molecule has 1 saturated heterocycles. The first kappa shape index (κ1) is 28.9. The third-order valence-electron chi connectivity index (χ3n) is 5.18. The maximum atomic E-state index is 13.6. The highest BCUT2D eigenvalue weighted by molar-refractivity contribution is 6.23. The SMILES string of the molecule is CC(C)(C)OC(=O)C(ON)(C(=O)OC(C)(C)C)C(=O)N1CCN(c2cc(CO)ccc2[N+](=O)[O-])CC1. The molecule has 0 aliphatic carbocycles. The number of hydrogen-bond acceptors (Lipinski definition) is 11. The maximum absolute atomic E-state index is 13.6. The van der Waals surface area contributed by atoms with Gasteiger partial charge in [0.15, 0.2) is 0 Å². The van der Waals surface area contributed by atoms with Crippen LogP contribution in [0.3, 0.4) is 0 Å². The first-order chi connectivity index (χ1) is 16.6. The van der Waals surface area contributed by atoms with E-state index >= 15 is 0 Å². The van der Waals surface area contributed by atoms with Crippen molar-refractivity contribution in [3.8, 4) is 0 Å². The highest BCUT2D eigenvalue weighted by atomic mass is 16.7. The van der Waals surface area contributed by atoms with Crippen LogP contribution in [0.2, 0.25) is 0 Å². The van der Waals surface area contributed by atoms with E-state index in [9.17, 15) is 29.6 Å². The fourth-order valence-electron chi connectivity index (χ4n) is 3.55. The number of nitrogens with zero attached hydrogens (tertiary/aromatic N) is 3. The zero-order chi connectivity index (χ0) is 27.5. The van der Waals surface area contributed by atoms with Crippen LogP contribution in [0.25, 0.3) is 0 Å². The zero-order valence-electron chi connectivity index (χ0n) is 21.4. The summed E-state index contributed by atoms with van der Waals surface area (Å²) in [7, 11) is 0. The second-order valence-electron chi connectivity index (χ2n) is 10.3. The van der Waals surface area contributed by atoms with Gasteiger partial charge in [-0.15, -0.1) is 0 Å². The molecular formula is C23H34N4O9. The Labute approximate surface area is 209 Å². The topological polar surface area (TPSA) is 175 Å². The molecule has 1 aromatic carbocycles. The summed E-state index contributed by atoms with van der Waals surface area (Å²) in [6, 6.07) is 4.26. The van der Waals surface area contributed by atoms with Crippen molar-refractivity contribution >= 4 is 29.2 Å². The van der Waals surface area contributed by atoms with E-state index in [-0.39, 0.29) is 44.2 Å².